The van der Waals surface area contributed by atoms with E-state index in [4.69, 9.17) is 21.9 Å². The smallest absolute Gasteiger partial charge is 0.350 e. The summed E-state index contributed by atoms with van der Waals surface area (Å²) < 4.78 is 7.19. The van der Waals surface area contributed by atoms with Crippen LogP contribution in [0.1, 0.15) is 33.8 Å². The Hall–Kier alpha value is -3.37. The van der Waals surface area contributed by atoms with Crippen LogP contribution in [0.15, 0.2) is 38.4 Å². The van der Waals surface area contributed by atoms with E-state index in [0.29, 0.717) is 28.7 Å². The number of hydrogen-bond donors (Lipinski definition) is 3. The summed E-state index contributed by atoms with van der Waals surface area (Å²) in [5.41, 5.74) is 10.8. The molecule has 0 atom stereocenters. The van der Waals surface area contributed by atoms with E-state index in [2.05, 4.69) is 15.9 Å². The summed E-state index contributed by atoms with van der Waals surface area (Å²) in [6, 6.07) is 6.56. The molecule has 3 rings (SSSR count). The number of benzene rings is 1. The number of rotatable bonds is 8. The number of aryl methyl sites for hydroxylation is 3. The molecule has 0 aliphatic carbocycles. The number of nitrogens with one attached hydrogen (secondary N) is 2. The fourth-order valence-corrected chi connectivity index (χ4v) is 3.48. The van der Waals surface area contributed by atoms with Gasteiger partial charge in [0, 0.05) is 35.4 Å². The van der Waals surface area contributed by atoms with E-state index in [0.717, 1.165) is 21.4 Å². The maximum Gasteiger partial charge on any atom is 0.350 e. The van der Waals surface area contributed by atoms with Crippen LogP contribution < -0.4 is 27.7 Å². The van der Waals surface area contributed by atoms with Gasteiger partial charge < -0.3 is 21.0 Å². The molecule has 4 N–H and O–H groups in total. The Morgan fingerprint density at radius 3 is 2.56 bits per heavy atom. The highest BCUT2D eigenvalue weighted by atomic mass is 35.5. The molecule has 0 bridgehead atoms. The van der Waals surface area contributed by atoms with Gasteiger partial charge in [0.15, 0.2) is 0 Å². The highest BCUT2D eigenvalue weighted by Gasteiger charge is 2.14. The van der Waals surface area contributed by atoms with Crippen LogP contribution in [0.2, 0.25) is 5.02 Å². The van der Waals surface area contributed by atoms with Crippen molar-refractivity contribution in [2.75, 3.05) is 5.43 Å². The molecule has 0 saturated carbocycles. The summed E-state index contributed by atoms with van der Waals surface area (Å²) in [5.74, 6) is 0.196. The molecule has 1 aromatic carbocycles. The van der Waals surface area contributed by atoms with E-state index in [1.807, 2.05) is 0 Å². The summed E-state index contributed by atoms with van der Waals surface area (Å²) in [7, 11) is 0. The first-order valence-corrected chi connectivity index (χ1v) is 10.3. The number of nitrogens with zero attached hydrogens (tertiary/aromatic N) is 3. The van der Waals surface area contributed by atoms with Gasteiger partial charge in [-0.25, -0.2) is 4.79 Å². The lowest BCUT2D eigenvalue weighted by molar-refractivity contribution is -0.121. The van der Waals surface area contributed by atoms with Gasteiger partial charge in [-0.1, -0.05) is 22.8 Å². The van der Waals surface area contributed by atoms with Gasteiger partial charge in [0.05, 0.1) is 12.2 Å². The van der Waals surface area contributed by atoms with Gasteiger partial charge in [-0.15, -0.1) is 0 Å². The molecule has 2 heterocycles. The van der Waals surface area contributed by atoms with Gasteiger partial charge >= 0.3 is 5.69 Å². The Balaban J connectivity index is 1.76. The first-order valence-electron chi connectivity index (χ1n) is 9.94. The maximum atomic E-state index is 12.9. The van der Waals surface area contributed by atoms with Crippen molar-refractivity contribution in [1.29, 1.82) is 0 Å². The molecule has 10 nitrogen and oxygen atoms in total. The third-order valence-electron chi connectivity index (χ3n) is 5.16. The third-order valence-corrected chi connectivity index (χ3v) is 5.40. The fraction of sp³-hybridized carbons (Fsp3) is 0.333. The van der Waals surface area contributed by atoms with Gasteiger partial charge in [0.1, 0.15) is 12.3 Å². The average molecular weight is 461 g/mol. The second kappa shape index (κ2) is 9.84. The molecular weight excluding hydrogens is 436 g/mol. The number of halogens is 1. The highest BCUT2D eigenvalue weighted by Crippen LogP contribution is 2.15. The average Bonchev–Trinajstić information content (AvgIpc) is 3.07. The molecule has 0 radical (unpaired) electrons. The van der Waals surface area contributed by atoms with Crippen molar-refractivity contribution in [1.82, 2.24) is 19.7 Å². The number of amides is 1. The monoisotopic (exact) mass is 460 g/mol. The van der Waals surface area contributed by atoms with E-state index in [-0.39, 0.29) is 19.6 Å². The molecule has 0 unspecified atom stereocenters. The molecular formula is C21H25ClN6O4. The molecule has 0 aliphatic heterocycles. The number of carbonyl (C=O) groups is 1. The third kappa shape index (κ3) is 5.09. The molecule has 3 aromatic rings. The number of nitrogens with two attached hydrogens (primary N) is 1. The lowest BCUT2D eigenvalue weighted by Gasteiger charge is -2.15. The highest BCUT2D eigenvalue weighted by molar-refractivity contribution is 6.30. The predicted octanol–water partition coefficient (Wildman–Crippen LogP) is 1.10. The molecule has 0 saturated heterocycles. The number of carbonyl (C=O) groups excluding carboxylic acids is 1. The first-order chi connectivity index (χ1) is 15.2. The van der Waals surface area contributed by atoms with Crippen LogP contribution in [0.4, 0.5) is 0 Å². The first kappa shape index (κ1) is 23.3. The summed E-state index contributed by atoms with van der Waals surface area (Å²) >= 11 is 6.03. The second-order valence-corrected chi connectivity index (χ2v) is 7.80. The summed E-state index contributed by atoms with van der Waals surface area (Å²) in [6.07, 6.45) is 0. The minimum atomic E-state index is -0.651. The van der Waals surface area contributed by atoms with Crippen molar-refractivity contribution in [3.63, 3.8) is 0 Å². The molecule has 170 valence electrons. The van der Waals surface area contributed by atoms with Crippen molar-refractivity contribution in [2.45, 2.75) is 47.0 Å². The van der Waals surface area contributed by atoms with Gasteiger partial charge in [-0.05, 0) is 44.0 Å². The van der Waals surface area contributed by atoms with E-state index in [1.54, 1.807) is 39.0 Å². The lowest BCUT2D eigenvalue weighted by atomic mass is 10.1. The zero-order valence-corrected chi connectivity index (χ0v) is 18.8. The Morgan fingerprint density at radius 1 is 1.16 bits per heavy atom. The van der Waals surface area contributed by atoms with E-state index in [9.17, 15) is 14.4 Å². The SMILES string of the molecule is Cc1noc(C)c1CNn1c(=O)cc(C)n(CC(=O)NCc2cc(Cl)ccc2CN)c1=O. The van der Waals surface area contributed by atoms with Crippen molar-refractivity contribution in [3.8, 4) is 0 Å². The Kier molecular flexibility index (Phi) is 7.16. The van der Waals surface area contributed by atoms with E-state index >= 15 is 0 Å². The summed E-state index contributed by atoms with van der Waals surface area (Å²) in [4.78, 5) is 37.8. The fourth-order valence-electron chi connectivity index (χ4n) is 3.29. The van der Waals surface area contributed by atoms with Crippen LogP contribution >= 0.6 is 11.6 Å². The van der Waals surface area contributed by atoms with E-state index < -0.39 is 17.2 Å². The molecule has 0 fully saturated rings. The van der Waals surface area contributed by atoms with Gasteiger partial charge in [0.25, 0.3) is 5.56 Å². The quantitative estimate of drug-likeness (QED) is 0.457. The van der Waals surface area contributed by atoms with Crippen molar-refractivity contribution >= 4 is 17.5 Å². The predicted molar refractivity (Wildman–Crippen MR) is 120 cm³/mol. The van der Waals surface area contributed by atoms with Crippen molar-refractivity contribution in [2.24, 2.45) is 5.73 Å². The van der Waals surface area contributed by atoms with Crippen molar-refractivity contribution < 1.29 is 9.32 Å². The standard InChI is InChI=1S/C21H25ClN6O4/c1-12-6-20(30)28(25-10-18-13(2)26-32-14(18)3)21(31)27(12)11-19(29)24-9-16-7-17(22)5-4-15(16)8-23/h4-7,25H,8-11,23H2,1-3H3,(H,24,29). The van der Waals surface area contributed by atoms with Crippen LogP contribution in [0.25, 0.3) is 0 Å². The van der Waals surface area contributed by atoms with Crippen LogP contribution in [0.5, 0.6) is 0 Å². The zero-order chi connectivity index (χ0) is 23.4. The van der Waals surface area contributed by atoms with Gasteiger partial charge in [-0.2, -0.15) is 4.68 Å². The molecule has 2 aromatic heterocycles. The van der Waals surface area contributed by atoms with Crippen LogP contribution in [-0.2, 0) is 31.0 Å². The van der Waals surface area contributed by atoms with Gasteiger partial charge in [-0.3, -0.25) is 14.2 Å². The molecule has 1 amide bonds. The summed E-state index contributed by atoms with van der Waals surface area (Å²) in [6.45, 7) is 5.54. The lowest BCUT2D eigenvalue weighted by Crippen LogP contribution is -2.46. The Bertz CT molecular complexity index is 1240. The van der Waals surface area contributed by atoms with E-state index in [1.165, 1.54) is 10.6 Å². The molecule has 11 heteroatoms. The van der Waals surface area contributed by atoms with Crippen LogP contribution in [0.3, 0.4) is 0 Å². The van der Waals surface area contributed by atoms with Crippen LogP contribution in [-0.4, -0.2) is 20.3 Å². The Labute approximate surface area is 188 Å². The zero-order valence-electron chi connectivity index (χ0n) is 18.1. The number of hydrogen-bond acceptors (Lipinski definition) is 7. The van der Waals surface area contributed by atoms with Crippen LogP contribution in [0, 0.1) is 20.8 Å². The Morgan fingerprint density at radius 2 is 1.91 bits per heavy atom. The minimum Gasteiger partial charge on any atom is -0.361 e. The van der Waals surface area contributed by atoms with Crippen molar-refractivity contribution in [3.05, 3.63) is 84.0 Å². The number of aromatic nitrogens is 3. The second-order valence-electron chi connectivity index (χ2n) is 7.36. The molecule has 0 spiro atoms. The minimum absolute atomic E-state index is 0.169. The topological polar surface area (TPSA) is 137 Å². The largest absolute Gasteiger partial charge is 0.361 e. The summed E-state index contributed by atoms with van der Waals surface area (Å²) in [5, 5.41) is 7.16. The normalized spacial score (nSPS) is 10.9. The van der Waals surface area contributed by atoms with Gasteiger partial charge in [0.2, 0.25) is 5.91 Å². The molecule has 0 aliphatic rings. The molecule has 32 heavy (non-hydrogen) atoms. The maximum absolute atomic E-state index is 12.9.